The van der Waals surface area contributed by atoms with Crippen LogP contribution >= 0.6 is 11.6 Å². The molecule has 4 unspecified atom stereocenters. The van der Waals surface area contributed by atoms with Gasteiger partial charge in [0.25, 0.3) is 0 Å². The molecule has 3 rings (SSSR count). The maximum absolute atomic E-state index is 12.8. The number of rotatable bonds is 3. The normalized spacial score (nSPS) is 30.5. The lowest BCUT2D eigenvalue weighted by molar-refractivity contribution is -0.128. The highest BCUT2D eigenvalue weighted by Crippen LogP contribution is 2.38. The first-order chi connectivity index (χ1) is 11.5. The fourth-order valence-corrected chi connectivity index (χ4v) is 4.02. The van der Waals surface area contributed by atoms with Gasteiger partial charge in [0, 0.05) is 30.6 Å². The van der Waals surface area contributed by atoms with Crippen LogP contribution in [0, 0.1) is 5.92 Å². The van der Waals surface area contributed by atoms with E-state index in [9.17, 15) is 9.59 Å². The first-order valence-corrected chi connectivity index (χ1v) is 8.88. The second kappa shape index (κ2) is 7.11. The predicted octanol–water partition coefficient (Wildman–Crippen LogP) is 2.12. The highest BCUT2D eigenvalue weighted by molar-refractivity contribution is 6.30. The number of amides is 2. The topological polar surface area (TPSA) is 61.4 Å². The van der Waals surface area contributed by atoms with E-state index < -0.39 is 0 Å². The first-order valence-electron chi connectivity index (χ1n) is 8.50. The summed E-state index contributed by atoms with van der Waals surface area (Å²) in [4.78, 5) is 26.7. The molecule has 2 amide bonds. The molecule has 2 N–H and O–H groups in total. The van der Waals surface area contributed by atoms with Crippen molar-refractivity contribution in [3.05, 3.63) is 34.9 Å². The largest absolute Gasteiger partial charge is 0.353 e. The molecule has 1 aromatic carbocycles. The second-order valence-corrected chi connectivity index (χ2v) is 7.34. The minimum Gasteiger partial charge on any atom is -0.353 e. The number of halogens is 1. The molecule has 0 aliphatic carbocycles. The lowest BCUT2D eigenvalue weighted by atomic mass is 9.91. The minimum atomic E-state index is -0.369. The van der Waals surface area contributed by atoms with Gasteiger partial charge in [-0.05, 0) is 44.0 Å². The van der Waals surface area contributed by atoms with Crippen molar-refractivity contribution in [2.75, 3.05) is 13.6 Å². The summed E-state index contributed by atoms with van der Waals surface area (Å²) in [6, 6.07) is 7.75. The van der Waals surface area contributed by atoms with E-state index in [1.165, 1.54) is 0 Å². The molecule has 2 aliphatic rings. The summed E-state index contributed by atoms with van der Waals surface area (Å²) in [6.45, 7) is 3.04. The lowest BCUT2D eigenvalue weighted by Crippen LogP contribution is -2.48. The summed E-state index contributed by atoms with van der Waals surface area (Å²) in [5.41, 5.74) is 0.912. The van der Waals surface area contributed by atoms with Crippen molar-refractivity contribution in [1.29, 1.82) is 0 Å². The molecule has 0 spiro atoms. The van der Waals surface area contributed by atoms with Crippen LogP contribution in [0.15, 0.2) is 24.3 Å². The van der Waals surface area contributed by atoms with Crippen molar-refractivity contribution in [3.63, 3.8) is 0 Å². The molecule has 2 saturated heterocycles. The first kappa shape index (κ1) is 17.2. The highest BCUT2D eigenvalue weighted by Gasteiger charge is 2.43. The molecule has 5 nitrogen and oxygen atoms in total. The summed E-state index contributed by atoms with van der Waals surface area (Å²) in [7, 11) is 1.76. The molecule has 4 atom stereocenters. The quantitative estimate of drug-likeness (QED) is 0.878. The summed E-state index contributed by atoms with van der Waals surface area (Å²) in [6.07, 6.45) is 2.10. The molecule has 0 aromatic heterocycles. The molecule has 2 heterocycles. The standard InChI is InChI=1S/C18H24ClN3O2/c1-11-8-14(6-7-20-11)21-18(24)15-10-16(23)22(2)17(15)12-4-3-5-13(19)9-12/h3-5,9,11,14-15,17,20H,6-8,10H2,1-2H3,(H,21,24). The van der Waals surface area contributed by atoms with Crippen LogP contribution < -0.4 is 10.6 Å². The minimum absolute atomic E-state index is 0.00111. The third-order valence-electron chi connectivity index (χ3n) is 5.08. The van der Waals surface area contributed by atoms with Crippen molar-refractivity contribution in [1.82, 2.24) is 15.5 Å². The van der Waals surface area contributed by atoms with Gasteiger partial charge in [-0.1, -0.05) is 23.7 Å². The van der Waals surface area contributed by atoms with E-state index in [0.717, 1.165) is 24.9 Å². The van der Waals surface area contributed by atoms with E-state index in [-0.39, 0.29) is 36.2 Å². The van der Waals surface area contributed by atoms with Crippen molar-refractivity contribution in [3.8, 4) is 0 Å². The van der Waals surface area contributed by atoms with Gasteiger partial charge < -0.3 is 15.5 Å². The Balaban J connectivity index is 1.77. The molecule has 0 radical (unpaired) electrons. The molecule has 2 aliphatic heterocycles. The van der Waals surface area contributed by atoms with E-state index in [1.54, 1.807) is 18.0 Å². The van der Waals surface area contributed by atoms with E-state index in [1.807, 2.05) is 18.2 Å². The van der Waals surface area contributed by atoms with Gasteiger partial charge in [0.1, 0.15) is 0 Å². The van der Waals surface area contributed by atoms with Gasteiger partial charge in [0.05, 0.1) is 12.0 Å². The van der Waals surface area contributed by atoms with Crippen LogP contribution in [0.2, 0.25) is 5.02 Å². The Morgan fingerprint density at radius 3 is 2.92 bits per heavy atom. The Kier molecular flexibility index (Phi) is 5.11. The van der Waals surface area contributed by atoms with Crippen LogP contribution in [-0.2, 0) is 9.59 Å². The monoisotopic (exact) mass is 349 g/mol. The Hall–Kier alpha value is -1.59. The smallest absolute Gasteiger partial charge is 0.226 e. The zero-order valence-electron chi connectivity index (χ0n) is 14.1. The molecule has 24 heavy (non-hydrogen) atoms. The molecule has 130 valence electrons. The van der Waals surface area contributed by atoms with Crippen molar-refractivity contribution in [2.24, 2.45) is 5.92 Å². The van der Waals surface area contributed by atoms with Crippen LogP contribution in [0.4, 0.5) is 0 Å². The average Bonchev–Trinajstić information content (AvgIpc) is 2.83. The number of nitrogens with zero attached hydrogens (tertiary/aromatic N) is 1. The molecule has 2 fully saturated rings. The van der Waals surface area contributed by atoms with Gasteiger partial charge in [-0.2, -0.15) is 0 Å². The third-order valence-corrected chi connectivity index (χ3v) is 5.32. The average molecular weight is 350 g/mol. The number of hydrogen-bond donors (Lipinski definition) is 2. The SMILES string of the molecule is CC1CC(NC(=O)C2CC(=O)N(C)C2c2cccc(Cl)c2)CCN1. The van der Waals surface area contributed by atoms with Crippen LogP contribution in [0.1, 0.15) is 37.8 Å². The number of likely N-dealkylation sites (tertiary alicyclic amines) is 1. The van der Waals surface area contributed by atoms with Gasteiger partial charge in [0.15, 0.2) is 0 Å². The molecule has 0 bridgehead atoms. The number of piperidine rings is 1. The van der Waals surface area contributed by atoms with Crippen molar-refractivity contribution >= 4 is 23.4 Å². The number of carbonyl (C=O) groups is 2. The number of carbonyl (C=O) groups excluding carboxylic acids is 2. The summed E-state index contributed by atoms with van der Waals surface area (Å²) >= 11 is 6.10. The van der Waals surface area contributed by atoms with Gasteiger partial charge >= 0.3 is 0 Å². The summed E-state index contributed by atoms with van der Waals surface area (Å²) in [5, 5.41) is 7.15. The summed E-state index contributed by atoms with van der Waals surface area (Å²) < 4.78 is 0. The Morgan fingerprint density at radius 1 is 1.42 bits per heavy atom. The zero-order valence-corrected chi connectivity index (χ0v) is 14.8. The predicted molar refractivity (Wildman–Crippen MR) is 93.7 cm³/mol. The van der Waals surface area contributed by atoms with Gasteiger partial charge in [-0.25, -0.2) is 0 Å². The number of benzene rings is 1. The van der Waals surface area contributed by atoms with Crippen LogP contribution in [0.5, 0.6) is 0 Å². The van der Waals surface area contributed by atoms with Gasteiger partial charge in [-0.15, -0.1) is 0 Å². The third kappa shape index (κ3) is 3.57. The fourth-order valence-electron chi connectivity index (χ4n) is 3.82. The van der Waals surface area contributed by atoms with E-state index in [4.69, 9.17) is 11.6 Å². The van der Waals surface area contributed by atoms with Gasteiger partial charge in [-0.3, -0.25) is 9.59 Å². The van der Waals surface area contributed by atoms with Crippen molar-refractivity contribution in [2.45, 2.75) is 44.3 Å². The molecular formula is C18H24ClN3O2. The van der Waals surface area contributed by atoms with Crippen LogP contribution in [0.3, 0.4) is 0 Å². The fraction of sp³-hybridized carbons (Fsp3) is 0.556. The molecule has 1 aromatic rings. The zero-order chi connectivity index (χ0) is 17.3. The number of nitrogens with one attached hydrogen (secondary N) is 2. The van der Waals surface area contributed by atoms with E-state index >= 15 is 0 Å². The number of hydrogen-bond acceptors (Lipinski definition) is 3. The maximum atomic E-state index is 12.8. The highest BCUT2D eigenvalue weighted by atomic mass is 35.5. The van der Waals surface area contributed by atoms with E-state index in [2.05, 4.69) is 17.6 Å². The molecular weight excluding hydrogens is 326 g/mol. The second-order valence-electron chi connectivity index (χ2n) is 6.90. The molecule has 6 heteroatoms. The summed E-state index contributed by atoms with van der Waals surface area (Å²) in [5.74, 6) is -0.401. The van der Waals surface area contributed by atoms with Crippen molar-refractivity contribution < 1.29 is 9.59 Å². The Labute approximate surface area is 147 Å². The Bertz CT molecular complexity index is 636. The van der Waals surface area contributed by atoms with E-state index in [0.29, 0.717) is 11.1 Å². The lowest BCUT2D eigenvalue weighted by Gasteiger charge is -2.31. The molecule has 0 saturated carbocycles. The van der Waals surface area contributed by atoms with Crippen LogP contribution in [0.25, 0.3) is 0 Å². The van der Waals surface area contributed by atoms with Gasteiger partial charge in [0.2, 0.25) is 11.8 Å². The maximum Gasteiger partial charge on any atom is 0.226 e. The van der Waals surface area contributed by atoms with Crippen LogP contribution in [-0.4, -0.2) is 42.4 Å². The Morgan fingerprint density at radius 2 is 2.21 bits per heavy atom.